The number of carbonyl (C=O) groups excluding carboxylic acids is 2. The molecule has 9 heteroatoms. The lowest BCUT2D eigenvalue weighted by Crippen LogP contribution is -2.55. The zero-order chi connectivity index (χ0) is 22.8. The van der Waals surface area contributed by atoms with Gasteiger partial charge in [-0.3, -0.25) is 9.69 Å². The lowest BCUT2D eigenvalue weighted by Gasteiger charge is -2.42. The molecule has 0 aliphatic carbocycles. The number of ether oxygens (including phenoxy) is 2. The van der Waals surface area contributed by atoms with Crippen LogP contribution in [0, 0.1) is 0 Å². The Labute approximate surface area is 187 Å². The van der Waals surface area contributed by atoms with E-state index >= 15 is 0 Å². The number of benzene rings is 2. The molecule has 0 saturated carbocycles. The summed E-state index contributed by atoms with van der Waals surface area (Å²) < 4.78 is 38.9. The number of rotatable bonds is 5. The topological polar surface area (TPSA) is 93.2 Å². The van der Waals surface area contributed by atoms with Crippen LogP contribution in [0.3, 0.4) is 0 Å². The summed E-state index contributed by atoms with van der Waals surface area (Å²) in [5.74, 6) is -0.119. The van der Waals surface area contributed by atoms with Gasteiger partial charge in [0.2, 0.25) is 10.0 Å². The maximum Gasteiger partial charge on any atom is 0.412 e. The Morgan fingerprint density at radius 1 is 1.00 bits per heavy atom. The lowest BCUT2D eigenvalue weighted by atomic mass is 10.0. The first kappa shape index (κ1) is 22.4. The van der Waals surface area contributed by atoms with Gasteiger partial charge in [0, 0.05) is 31.5 Å². The number of hydrogen-bond acceptors (Lipinski definition) is 6. The van der Waals surface area contributed by atoms with Crippen molar-refractivity contribution < 1.29 is 27.5 Å². The van der Waals surface area contributed by atoms with Gasteiger partial charge in [0.05, 0.1) is 18.0 Å². The van der Waals surface area contributed by atoms with E-state index in [0.29, 0.717) is 31.6 Å². The Morgan fingerprint density at radius 3 is 2.28 bits per heavy atom. The monoisotopic (exact) mass is 458 g/mol. The molecule has 2 saturated heterocycles. The molecule has 2 aliphatic rings. The molecule has 0 atom stereocenters. The highest BCUT2D eigenvalue weighted by Crippen LogP contribution is 2.36. The fraction of sp³-hybridized carbons (Fsp3) is 0.391. The molecule has 2 heterocycles. The SMILES string of the molecule is CC(=O)c1ccc(S(=O)(=O)N2CCC3(CC2)OCCN3C(=O)OCc2ccccc2)cc1. The molecule has 1 amide bonds. The quantitative estimate of drug-likeness (QED) is 0.640. The summed E-state index contributed by atoms with van der Waals surface area (Å²) in [7, 11) is -3.70. The molecule has 8 nitrogen and oxygen atoms in total. The summed E-state index contributed by atoms with van der Waals surface area (Å²) >= 11 is 0. The van der Waals surface area contributed by atoms with Gasteiger partial charge in [-0.15, -0.1) is 0 Å². The number of Topliss-reactive ketones (excluding diaryl/α,β-unsaturated/α-hetero) is 1. The predicted molar refractivity (Wildman–Crippen MR) is 116 cm³/mol. The van der Waals surface area contributed by atoms with Gasteiger partial charge >= 0.3 is 6.09 Å². The van der Waals surface area contributed by atoms with E-state index < -0.39 is 21.8 Å². The van der Waals surface area contributed by atoms with Crippen LogP contribution < -0.4 is 0 Å². The van der Waals surface area contributed by atoms with Crippen LogP contribution in [0.1, 0.15) is 35.7 Å². The summed E-state index contributed by atoms with van der Waals surface area (Å²) in [5.41, 5.74) is 0.510. The van der Waals surface area contributed by atoms with E-state index in [1.54, 1.807) is 4.90 Å². The molecule has 0 bridgehead atoms. The van der Waals surface area contributed by atoms with Crippen molar-refractivity contribution in [1.29, 1.82) is 0 Å². The summed E-state index contributed by atoms with van der Waals surface area (Å²) in [6.07, 6.45) is 0.263. The van der Waals surface area contributed by atoms with Crippen LogP contribution in [0.2, 0.25) is 0 Å². The number of carbonyl (C=O) groups is 2. The molecule has 2 fully saturated rings. The normalized spacial score (nSPS) is 18.6. The molecule has 2 aliphatic heterocycles. The highest BCUT2D eigenvalue weighted by Gasteiger charge is 2.49. The Morgan fingerprint density at radius 2 is 1.66 bits per heavy atom. The van der Waals surface area contributed by atoms with Crippen LogP contribution in [0.4, 0.5) is 4.79 Å². The molecular weight excluding hydrogens is 432 g/mol. The highest BCUT2D eigenvalue weighted by molar-refractivity contribution is 7.89. The van der Waals surface area contributed by atoms with E-state index in [4.69, 9.17) is 9.47 Å². The van der Waals surface area contributed by atoms with E-state index in [1.807, 2.05) is 30.3 Å². The van der Waals surface area contributed by atoms with Crippen molar-refractivity contribution in [2.24, 2.45) is 0 Å². The van der Waals surface area contributed by atoms with E-state index in [0.717, 1.165) is 5.56 Å². The van der Waals surface area contributed by atoms with Gasteiger partial charge in [0.1, 0.15) is 12.3 Å². The summed E-state index contributed by atoms with van der Waals surface area (Å²) in [4.78, 5) is 25.9. The van der Waals surface area contributed by atoms with E-state index in [1.165, 1.54) is 35.5 Å². The van der Waals surface area contributed by atoms with Crippen molar-refractivity contribution >= 4 is 21.9 Å². The van der Waals surface area contributed by atoms with Crippen LogP contribution in [0.25, 0.3) is 0 Å². The Balaban J connectivity index is 1.40. The van der Waals surface area contributed by atoms with Gasteiger partial charge in [-0.05, 0) is 24.6 Å². The molecule has 32 heavy (non-hydrogen) atoms. The third-order valence-corrected chi connectivity index (χ3v) is 7.92. The second kappa shape index (κ2) is 9.01. The van der Waals surface area contributed by atoms with Gasteiger partial charge in [-0.2, -0.15) is 4.31 Å². The van der Waals surface area contributed by atoms with Gasteiger partial charge in [0.15, 0.2) is 5.78 Å². The number of piperidine rings is 1. The summed E-state index contributed by atoms with van der Waals surface area (Å²) in [6.45, 7) is 2.85. The van der Waals surface area contributed by atoms with Crippen molar-refractivity contribution in [3.05, 3.63) is 65.7 Å². The van der Waals surface area contributed by atoms with Crippen molar-refractivity contribution in [2.75, 3.05) is 26.2 Å². The first-order valence-electron chi connectivity index (χ1n) is 10.6. The zero-order valence-electron chi connectivity index (χ0n) is 17.9. The standard InChI is InChI=1S/C23H26N2O6S/c1-18(26)20-7-9-21(10-8-20)32(28,29)24-13-11-23(12-14-24)25(15-16-31-23)22(27)30-17-19-5-3-2-4-6-19/h2-10H,11-17H2,1H3. The molecule has 0 unspecified atom stereocenters. The number of ketones is 1. The molecule has 0 radical (unpaired) electrons. The molecule has 4 rings (SSSR count). The zero-order valence-corrected chi connectivity index (χ0v) is 18.7. The molecule has 2 aromatic carbocycles. The maximum atomic E-state index is 13.0. The van der Waals surface area contributed by atoms with Crippen molar-refractivity contribution in [3.63, 3.8) is 0 Å². The van der Waals surface area contributed by atoms with Crippen LogP contribution in [0.5, 0.6) is 0 Å². The largest absolute Gasteiger partial charge is 0.444 e. The number of hydrogen-bond donors (Lipinski definition) is 0. The maximum absolute atomic E-state index is 13.0. The number of amides is 1. The minimum absolute atomic E-state index is 0.119. The van der Waals surface area contributed by atoms with Crippen LogP contribution in [-0.2, 0) is 26.1 Å². The lowest BCUT2D eigenvalue weighted by molar-refractivity contribution is -0.103. The van der Waals surface area contributed by atoms with Crippen molar-refractivity contribution in [2.45, 2.75) is 37.0 Å². The minimum Gasteiger partial charge on any atom is -0.444 e. The molecule has 0 N–H and O–H groups in total. The van der Waals surface area contributed by atoms with Crippen LogP contribution in [-0.4, -0.2) is 61.5 Å². The summed E-state index contributed by atoms with van der Waals surface area (Å²) in [5, 5.41) is 0. The van der Waals surface area contributed by atoms with Crippen LogP contribution >= 0.6 is 0 Å². The predicted octanol–water partition coefficient (Wildman–Crippen LogP) is 3.04. The second-order valence-electron chi connectivity index (χ2n) is 7.97. The van der Waals surface area contributed by atoms with Gasteiger partial charge < -0.3 is 9.47 Å². The molecule has 0 aromatic heterocycles. The van der Waals surface area contributed by atoms with E-state index in [-0.39, 0.29) is 30.4 Å². The second-order valence-corrected chi connectivity index (χ2v) is 9.91. The fourth-order valence-corrected chi connectivity index (χ4v) is 5.61. The smallest absolute Gasteiger partial charge is 0.412 e. The average Bonchev–Trinajstić information content (AvgIpc) is 3.21. The van der Waals surface area contributed by atoms with E-state index in [9.17, 15) is 18.0 Å². The Hall–Kier alpha value is -2.75. The number of nitrogens with zero attached hydrogens (tertiary/aromatic N) is 2. The highest BCUT2D eigenvalue weighted by atomic mass is 32.2. The Kier molecular flexibility index (Phi) is 6.32. The van der Waals surface area contributed by atoms with Gasteiger partial charge in [0.25, 0.3) is 0 Å². The van der Waals surface area contributed by atoms with Crippen molar-refractivity contribution in [1.82, 2.24) is 9.21 Å². The average molecular weight is 459 g/mol. The van der Waals surface area contributed by atoms with E-state index in [2.05, 4.69) is 0 Å². The van der Waals surface area contributed by atoms with Crippen molar-refractivity contribution in [3.8, 4) is 0 Å². The third-order valence-electron chi connectivity index (χ3n) is 6.01. The Bertz CT molecular complexity index is 1080. The fourth-order valence-electron chi connectivity index (χ4n) is 4.16. The summed E-state index contributed by atoms with van der Waals surface area (Å²) in [6, 6.07) is 15.4. The minimum atomic E-state index is -3.70. The molecular formula is C23H26N2O6S. The van der Waals surface area contributed by atoms with Gasteiger partial charge in [-0.25, -0.2) is 13.2 Å². The molecule has 1 spiro atoms. The van der Waals surface area contributed by atoms with Gasteiger partial charge in [-0.1, -0.05) is 42.5 Å². The number of sulfonamides is 1. The third kappa shape index (κ3) is 4.41. The molecule has 170 valence electrons. The van der Waals surface area contributed by atoms with Crippen LogP contribution in [0.15, 0.2) is 59.5 Å². The first-order valence-corrected chi connectivity index (χ1v) is 12.0. The molecule has 2 aromatic rings. The first-order chi connectivity index (χ1) is 15.3.